The Morgan fingerprint density at radius 2 is 1.97 bits per heavy atom. The number of anilines is 4. The van der Waals surface area contributed by atoms with Crippen LogP contribution in [-0.2, 0) is 10.3 Å². The summed E-state index contributed by atoms with van der Waals surface area (Å²) in [6, 6.07) is 5.60. The third-order valence-corrected chi connectivity index (χ3v) is 5.45. The Morgan fingerprint density at radius 1 is 1.20 bits per heavy atom. The zero-order valence-corrected chi connectivity index (χ0v) is 16.9. The molecule has 1 fully saturated rings. The van der Waals surface area contributed by atoms with Crippen molar-refractivity contribution >= 4 is 40.4 Å². The lowest BCUT2D eigenvalue weighted by Gasteiger charge is -2.27. The van der Waals surface area contributed by atoms with E-state index < -0.39 is 11.6 Å². The van der Waals surface area contributed by atoms with E-state index in [-0.39, 0.29) is 11.8 Å². The molecule has 4 rings (SSSR count). The maximum atomic E-state index is 11.8. The number of hydrogen-bond donors (Lipinski definition) is 3. The van der Waals surface area contributed by atoms with E-state index >= 15 is 0 Å². The summed E-state index contributed by atoms with van der Waals surface area (Å²) in [6.07, 6.45) is 4.47. The number of fused-ring (bicyclic) bond motifs is 1. The molecule has 10 heteroatoms. The zero-order valence-electron chi connectivity index (χ0n) is 16.9. The van der Waals surface area contributed by atoms with Crippen molar-refractivity contribution in [3.05, 3.63) is 36.2 Å². The lowest BCUT2D eigenvalue weighted by molar-refractivity contribution is 0.181. The van der Waals surface area contributed by atoms with E-state index in [1.807, 2.05) is 12.1 Å². The topological polar surface area (TPSA) is 145 Å². The van der Waals surface area contributed by atoms with Crippen LogP contribution in [-0.4, -0.2) is 39.2 Å². The van der Waals surface area contributed by atoms with Crippen LogP contribution in [0.5, 0.6) is 0 Å². The van der Waals surface area contributed by atoms with Crippen LogP contribution in [0.25, 0.3) is 10.9 Å². The first-order chi connectivity index (χ1) is 14.4. The smallest absolute Gasteiger partial charge is 0.416 e. The van der Waals surface area contributed by atoms with Crippen molar-refractivity contribution in [3.63, 3.8) is 0 Å². The fourth-order valence-corrected chi connectivity index (χ4v) is 3.40. The van der Waals surface area contributed by atoms with Crippen molar-refractivity contribution in [2.24, 2.45) is 5.73 Å². The summed E-state index contributed by atoms with van der Waals surface area (Å²) in [6.45, 7) is 4.81. The van der Waals surface area contributed by atoms with Crippen LogP contribution < -0.4 is 21.7 Å². The number of nitrogens with one attached hydrogen (secondary N) is 1. The highest BCUT2D eigenvalue weighted by molar-refractivity contribution is 5.93. The minimum atomic E-state index is -0.487. The van der Waals surface area contributed by atoms with Crippen LogP contribution in [0.15, 0.2) is 30.6 Å². The van der Waals surface area contributed by atoms with E-state index in [1.165, 1.54) is 4.90 Å². The molecular weight excluding hydrogens is 384 g/mol. The molecule has 4 heterocycles. The Balaban J connectivity index is 1.66. The van der Waals surface area contributed by atoms with Gasteiger partial charge in [0.1, 0.15) is 24.1 Å². The monoisotopic (exact) mass is 408 g/mol. The van der Waals surface area contributed by atoms with E-state index in [2.05, 4.69) is 39.1 Å². The molecule has 0 atom stereocenters. The number of carbonyl (C=O) groups is 1. The van der Waals surface area contributed by atoms with Gasteiger partial charge in [0, 0.05) is 24.0 Å². The van der Waals surface area contributed by atoms with Gasteiger partial charge in [-0.15, -0.1) is 0 Å². The number of ether oxygens (including phenoxy) is 1. The normalized spacial score (nSPS) is 14.2. The molecule has 0 aromatic carbocycles. The average Bonchev–Trinajstić information content (AvgIpc) is 3.19. The molecule has 0 aliphatic carbocycles. The second-order valence-corrected chi connectivity index (χ2v) is 7.18. The van der Waals surface area contributed by atoms with Crippen molar-refractivity contribution in [2.45, 2.75) is 32.2 Å². The SMILES string of the molecule is CCC(N)(CC)c1ccnc(Nc2cc3nc(N4CCOC4=O)nc(N)c3cn2)c1. The average molecular weight is 408 g/mol. The van der Waals surface area contributed by atoms with Crippen molar-refractivity contribution < 1.29 is 9.53 Å². The first kappa shape index (κ1) is 19.8. The molecule has 0 saturated carbocycles. The van der Waals surface area contributed by atoms with Crippen LogP contribution in [0.2, 0.25) is 0 Å². The van der Waals surface area contributed by atoms with Gasteiger partial charge in [-0.25, -0.2) is 24.6 Å². The van der Waals surface area contributed by atoms with E-state index in [9.17, 15) is 4.79 Å². The van der Waals surface area contributed by atoms with Gasteiger partial charge in [-0.05, 0) is 30.5 Å². The summed E-state index contributed by atoms with van der Waals surface area (Å²) in [5.74, 6) is 1.61. The molecular formula is C20H24N8O2. The molecule has 156 valence electrons. The molecule has 30 heavy (non-hydrogen) atoms. The zero-order chi connectivity index (χ0) is 21.3. The molecule has 0 bridgehead atoms. The second-order valence-electron chi connectivity index (χ2n) is 7.18. The number of carbonyl (C=O) groups excluding carboxylic acids is 1. The molecule has 10 nitrogen and oxygen atoms in total. The van der Waals surface area contributed by atoms with Gasteiger partial charge < -0.3 is 21.5 Å². The highest BCUT2D eigenvalue weighted by Gasteiger charge is 2.27. The van der Waals surface area contributed by atoms with Gasteiger partial charge in [-0.1, -0.05) is 13.8 Å². The van der Waals surface area contributed by atoms with Gasteiger partial charge in [0.15, 0.2) is 0 Å². The number of cyclic esters (lactones) is 1. The number of nitrogens with zero attached hydrogens (tertiary/aromatic N) is 5. The molecule has 3 aromatic heterocycles. The molecule has 1 aliphatic rings. The van der Waals surface area contributed by atoms with E-state index in [1.54, 1.807) is 18.5 Å². The van der Waals surface area contributed by atoms with Crippen molar-refractivity contribution in [1.82, 2.24) is 19.9 Å². The fraction of sp³-hybridized carbons (Fsp3) is 0.350. The van der Waals surface area contributed by atoms with Gasteiger partial charge >= 0.3 is 6.09 Å². The third kappa shape index (κ3) is 3.57. The summed E-state index contributed by atoms with van der Waals surface area (Å²) in [5.41, 5.74) is 13.7. The van der Waals surface area contributed by atoms with Crippen LogP contribution >= 0.6 is 0 Å². The van der Waals surface area contributed by atoms with Gasteiger partial charge in [0.05, 0.1) is 17.4 Å². The van der Waals surface area contributed by atoms with E-state index in [4.69, 9.17) is 16.2 Å². The largest absolute Gasteiger partial charge is 0.447 e. The predicted octanol–water partition coefficient (Wildman–Crippen LogP) is 2.68. The summed E-state index contributed by atoms with van der Waals surface area (Å²) >= 11 is 0. The molecule has 1 amide bonds. The number of hydrogen-bond acceptors (Lipinski definition) is 9. The first-order valence-corrected chi connectivity index (χ1v) is 9.83. The van der Waals surface area contributed by atoms with Gasteiger partial charge in [0.25, 0.3) is 0 Å². The summed E-state index contributed by atoms with van der Waals surface area (Å²) in [7, 11) is 0. The van der Waals surface area contributed by atoms with Gasteiger partial charge in [0.2, 0.25) is 5.95 Å². The Morgan fingerprint density at radius 3 is 2.67 bits per heavy atom. The molecule has 5 N–H and O–H groups in total. The quantitative estimate of drug-likeness (QED) is 0.560. The highest BCUT2D eigenvalue weighted by atomic mass is 16.6. The first-order valence-electron chi connectivity index (χ1n) is 9.83. The second kappa shape index (κ2) is 7.71. The summed E-state index contributed by atoms with van der Waals surface area (Å²) in [5, 5.41) is 3.78. The number of aromatic nitrogens is 4. The van der Waals surface area contributed by atoms with Crippen LogP contribution in [0, 0.1) is 0 Å². The van der Waals surface area contributed by atoms with Gasteiger partial charge in [-0.3, -0.25) is 0 Å². The van der Waals surface area contributed by atoms with E-state index in [0.717, 1.165) is 18.4 Å². The van der Waals surface area contributed by atoms with Crippen LogP contribution in [0.4, 0.5) is 28.2 Å². The molecule has 0 spiro atoms. The van der Waals surface area contributed by atoms with Crippen molar-refractivity contribution in [2.75, 3.05) is 29.1 Å². The lowest BCUT2D eigenvalue weighted by Crippen LogP contribution is -2.35. The highest BCUT2D eigenvalue weighted by Crippen LogP contribution is 2.28. The Labute approximate surface area is 173 Å². The maximum absolute atomic E-state index is 11.8. The molecule has 3 aromatic rings. The molecule has 0 unspecified atom stereocenters. The Kier molecular flexibility index (Phi) is 5.08. The lowest BCUT2D eigenvalue weighted by atomic mass is 9.86. The number of amides is 1. The minimum Gasteiger partial charge on any atom is -0.447 e. The molecule has 1 saturated heterocycles. The molecule has 1 aliphatic heterocycles. The molecule has 0 radical (unpaired) electrons. The van der Waals surface area contributed by atoms with Crippen LogP contribution in [0.1, 0.15) is 32.3 Å². The van der Waals surface area contributed by atoms with Crippen LogP contribution in [0.3, 0.4) is 0 Å². The fourth-order valence-electron chi connectivity index (χ4n) is 3.40. The number of nitrogens with two attached hydrogens (primary N) is 2. The number of pyridine rings is 2. The van der Waals surface area contributed by atoms with E-state index in [0.29, 0.717) is 35.7 Å². The summed E-state index contributed by atoms with van der Waals surface area (Å²) in [4.78, 5) is 30.6. The van der Waals surface area contributed by atoms with Crippen molar-refractivity contribution in [1.29, 1.82) is 0 Å². The Hall–Kier alpha value is -3.53. The Bertz CT molecular complexity index is 1100. The standard InChI is InChI=1S/C20H24N8O2/c1-3-20(22,4-2)12-5-6-23-15(9-12)26-16-10-14-13(11-24-16)17(21)27-18(25-14)28-7-8-30-19(28)29/h5-6,9-11H,3-4,7-8,22H2,1-2H3,(H2,21,25,27)(H,23,24,26). The minimum absolute atomic E-state index is 0.207. The number of rotatable bonds is 6. The number of nitrogen functional groups attached to an aromatic ring is 1. The predicted molar refractivity (Wildman–Crippen MR) is 114 cm³/mol. The third-order valence-electron chi connectivity index (χ3n) is 5.45. The van der Waals surface area contributed by atoms with Crippen molar-refractivity contribution in [3.8, 4) is 0 Å². The maximum Gasteiger partial charge on any atom is 0.416 e. The summed E-state index contributed by atoms with van der Waals surface area (Å²) < 4.78 is 4.95. The van der Waals surface area contributed by atoms with Gasteiger partial charge in [-0.2, -0.15) is 4.98 Å².